The fourth-order valence-electron chi connectivity index (χ4n) is 3.65. The van der Waals surface area contributed by atoms with Gasteiger partial charge < -0.3 is 4.98 Å². The van der Waals surface area contributed by atoms with Gasteiger partial charge in [0.15, 0.2) is 11.2 Å². The lowest BCUT2D eigenvalue weighted by molar-refractivity contribution is 0.268. The van der Waals surface area contributed by atoms with E-state index in [1.165, 1.54) is 38.4 Å². The molecule has 0 spiro atoms. The second-order valence-electron chi connectivity index (χ2n) is 5.65. The Morgan fingerprint density at radius 2 is 2.05 bits per heavy atom. The molecule has 2 aliphatic carbocycles. The molecule has 0 amide bonds. The maximum absolute atomic E-state index is 11.7. The normalized spacial score (nSPS) is 25.9. The smallest absolute Gasteiger partial charge is 0.278 e. The van der Waals surface area contributed by atoms with Gasteiger partial charge in [0.25, 0.3) is 5.56 Å². The van der Waals surface area contributed by atoms with Gasteiger partial charge >= 0.3 is 0 Å². The summed E-state index contributed by atoms with van der Waals surface area (Å²) in [5.74, 6) is 1.30. The highest BCUT2D eigenvalue weighted by atomic mass is 16.1. The first-order chi connectivity index (χ1) is 9.33. The lowest BCUT2D eigenvalue weighted by Crippen LogP contribution is -2.27. The van der Waals surface area contributed by atoms with Crippen molar-refractivity contribution in [2.75, 3.05) is 0 Å². The number of hydrogen-bond donors (Lipinski definition) is 1. The first-order valence-corrected chi connectivity index (χ1v) is 7.07. The summed E-state index contributed by atoms with van der Waals surface area (Å²) < 4.78 is 0. The molecule has 0 saturated heterocycles. The number of hydrogen-bond acceptors (Lipinski definition) is 4. The molecule has 2 atom stereocenters. The van der Waals surface area contributed by atoms with E-state index in [4.69, 9.17) is 0 Å². The fraction of sp³-hybridized carbons (Fsp3) is 0.571. The first-order valence-electron chi connectivity index (χ1n) is 7.07. The van der Waals surface area contributed by atoms with Crippen LogP contribution in [0.1, 0.15) is 49.4 Å². The van der Waals surface area contributed by atoms with E-state index < -0.39 is 0 Å². The molecule has 2 aromatic rings. The first kappa shape index (κ1) is 11.1. The zero-order valence-electron chi connectivity index (χ0n) is 10.7. The molecular formula is C14H16N4O. The summed E-state index contributed by atoms with van der Waals surface area (Å²) in [6.07, 6.45) is 8.70. The number of nitrogens with one attached hydrogen (secondary N) is 1. The van der Waals surface area contributed by atoms with Crippen molar-refractivity contribution in [3.63, 3.8) is 0 Å². The quantitative estimate of drug-likeness (QED) is 0.781. The summed E-state index contributed by atoms with van der Waals surface area (Å²) >= 11 is 0. The van der Waals surface area contributed by atoms with Gasteiger partial charge in [-0.3, -0.25) is 4.79 Å². The monoisotopic (exact) mass is 256 g/mol. The summed E-state index contributed by atoms with van der Waals surface area (Å²) in [6, 6.07) is 0. The summed E-state index contributed by atoms with van der Waals surface area (Å²) in [6.45, 7) is 0. The van der Waals surface area contributed by atoms with Gasteiger partial charge in [-0.15, -0.1) is 0 Å². The van der Waals surface area contributed by atoms with E-state index in [0.717, 1.165) is 23.7 Å². The Morgan fingerprint density at radius 3 is 3.00 bits per heavy atom. The van der Waals surface area contributed by atoms with Gasteiger partial charge in [0.1, 0.15) is 0 Å². The van der Waals surface area contributed by atoms with Crippen molar-refractivity contribution >= 4 is 11.2 Å². The third-order valence-electron chi connectivity index (χ3n) is 4.59. The zero-order chi connectivity index (χ0) is 12.8. The molecule has 2 unspecified atom stereocenters. The average Bonchev–Trinajstić information content (AvgIpc) is 2.46. The van der Waals surface area contributed by atoms with Crippen molar-refractivity contribution < 1.29 is 0 Å². The van der Waals surface area contributed by atoms with Gasteiger partial charge in [-0.1, -0.05) is 12.8 Å². The molecule has 1 saturated carbocycles. The molecule has 2 aromatic heterocycles. The number of rotatable bonds is 0. The largest absolute Gasteiger partial charge is 0.311 e. The number of fused-ring (bicyclic) bond motifs is 4. The molecule has 19 heavy (non-hydrogen) atoms. The van der Waals surface area contributed by atoms with Gasteiger partial charge in [-0.05, 0) is 31.6 Å². The number of aromatic amines is 1. The van der Waals surface area contributed by atoms with Crippen molar-refractivity contribution in [2.45, 2.75) is 44.4 Å². The van der Waals surface area contributed by atoms with Crippen molar-refractivity contribution in [3.8, 4) is 0 Å². The molecule has 0 aromatic carbocycles. The molecule has 5 heteroatoms. The molecule has 0 aliphatic heterocycles. The van der Waals surface area contributed by atoms with E-state index in [1.807, 2.05) is 0 Å². The summed E-state index contributed by atoms with van der Waals surface area (Å²) in [5, 5.41) is 0. The van der Waals surface area contributed by atoms with Gasteiger partial charge in [-0.2, -0.15) is 0 Å². The third-order valence-corrected chi connectivity index (χ3v) is 4.59. The highest BCUT2D eigenvalue weighted by Crippen LogP contribution is 2.43. The predicted octanol–water partition coefficient (Wildman–Crippen LogP) is 1.93. The van der Waals surface area contributed by atoms with Crippen molar-refractivity contribution in [3.05, 3.63) is 28.1 Å². The SMILES string of the molecule is O=c1[nH]cnc2nc3c(nc12)CCC1CCCCC31. The van der Waals surface area contributed by atoms with Crippen LogP contribution in [0.4, 0.5) is 0 Å². The Kier molecular flexibility index (Phi) is 2.40. The minimum atomic E-state index is -0.189. The second kappa shape index (κ2) is 4.11. The van der Waals surface area contributed by atoms with Gasteiger partial charge in [0, 0.05) is 5.92 Å². The number of nitrogens with zero attached hydrogens (tertiary/aromatic N) is 3. The Balaban J connectivity index is 1.92. The molecule has 4 rings (SSSR count). The van der Waals surface area contributed by atoms with E-state index >= 15 is 0 Å². The second-order valence-corrected chi connectivity index (χ2v) is 5.65. The molecule has 2 heterocycles. The van der Waals surface area contributed by atoms with Crippen LogP contribution in [-0.4, -0.2) is 19.9 Å². The molecule has 5 nitrogen and oxygen atoms in total. The Bertz CT molecular complexity index is 693. The fourth-order valence-corrected chi connectivity index (χ4v) is 3.65. The van der Waals surface area contributed by atoms with Crippen molar-refractivity contribution in [1.82, 2.24) is 19.9 Å². The maximum atomic E-state index is 11.7. The van der Waals surface area contributed by atoms with Gasteiger partial charge in [0.2, 0.25) is 0 Å². The van der Waals surface area contributed by atoms with Crippen LogP contribution in [0.25, 0.3) is 11.2 Å². The highest BCUT2D eigenvalue weighted by Gasteiger charge is 2.33. The average molecular weight is 256 g/mol. The maximum Gasteiger partial charge on any atom is 0.278 e. The zero-order valence-corrected chi connectivity index (χ0v) is 10.7. The van der Waals surface area contributed by atoms with Crippen LogP contribution in [0.5, 0.6) is 0 Å². The van der Waals surface area contributed by atoms with Crippen molar-refractivity contribution in [2.24, 2.45) is 5.92 Å². The topological polar surface area (TPSA) is 71.5 Å². The highest BCUT2D eigenvalue weighted by molar-refractivity contribution is 5.68. The van der Waals surface area contributed by atoms with Crippen LogP contribution in [0.2, 0.25) is 0 Å². The Morgan fingerprint density at radius 1 is 1.16 bits per heavy atom. The summed E-state index contributed by atoms with van der Waals surface area (Å²) in [4.78, 5) is 27.7. The van der Waals surface area contributed by atoms with Crippen LogP contribution < -0.4 is 5.56 Å². The van der Waals surface area contributed by atoms with E-state index in [2.05, 4.69) is 19.9 Å². The van der Waals surface area contributed by atoms with Gasteiger partial charge in [0.05, 0.1) is 17.7 Å². The Labute approximate surface area is 110 Å². The van der Waals surface area contributed by atoms with Crippen LogP contribution >= 0.6 is 0 Å². The Hall–Kier alpha value is -1.78. The standard InChI is InChI=1S/C14H16N4O/c19-14-12-13(15-7-16-14)18-11-9-4-2-1-3-8(9)5-6-10(11)17-12/h7-9H,1-6H2,(H,15,16,18,19). The summed E-state index contributed by atoms with van der Waals surface area (Å²) in [5.41, 5.74) is 2.83. The number of aryl methyl sites for hydroxylation is 1. The van der Waals surface area contributed by atoms with Crippen LogP contribution in [0, 0.1) is 5.92 Å². The predicted molar refractivity (Wildman–Crippen MR) is 71.0 cm³/mol. The van der Waals surface area contributed by atoms with Crippen LogP contribution in [0.15, 0.2) is 11.1 Å². The minimum Gasteiger partial charge on any atom is -0.311 e. The van der Waals surface area contributed by atoms with Crippen LogP contribution in [0.3, 0.4) is 0 Å². The summed E-state index contributed by atoms with van der Waals surface area (Å²) in [7, 11) is 0. The lowest BCUT2D eigenvalue weighted by atomic mass is 9.71. The van der Waals surface area contributed by atoms with Gasteiger partial charge in [-0.25, -0.2) is 15.0 Å². The van der Waals surface area contributed by atoms with E-state index in [9.17, 15) is 4.79 Å². The lowest BCUT2D eigenvalue weighted by Gasteiger charge is -2.35. The van der Waals surface area contributed by atoms with E-state index in [0.29, 0.717) is 17.1 Å². The molecule has 2 aliphatic rings. The number of aromatic nitrogens is 4. The molecule has 1 fully saturated rings. The van der Waals surface area contributed by atoms with E-state index in [-0.39, 0.29) is 5.56 Å². The van der Waals surface area contributed by atoms with Crippen molar-refractivity contribution in [1.29, 1.82) is 0 Å². The third kappa shape index (κ3) is 1.68. The minimum absolute atomic E-state index is 0.189. The van der Waals surface area contributed by atoms with Crippen LogP contribution in [-0.2, 0) is 6.42 Å². The number of H-pyrrole nitrogens is 1. The molecule has 0 radical (unpaired) electrons. The molecular weight excluding hydrogens is 240 g/mol. The molecule has 0 bridgehead atoms. The van der Waals surface area contributed by atoms with E-state index in [1.54, 1.807) is 0 Å². The molecule has 98 valence electrons. The molecule has 1 N–H and O–H groups in total.